The Hall–Kier alpha value is -4.85. The Labute approximate surface area is 238 Å². The van der Waals surface area contributed by atoms with E-state index in [0.29, 0.717) is 49.4 Å². The summed E-state index contributed by atoms with van der Waals surface area (Å²) >= 11 is 0. The third-order valence-electron chi connectivity index (χ3n) is 7.51. The molecule has 1 N–H and O–H groups in total. The number of fused-ring (bicyclic) bond motifs is 1. The van der Waals surface area contributed by atoms with Gasteiger partial charge in [0.25, 0.3) is 11.7 Å². The average Bonchev–Trinajstić information content (AvgIpc) is 3.70. The van der Waals surface area contributed by atoms with E-state index in [1.807, 2.05) is 84.4 Å². The number of ether oxygens (including phenoxy) is 2. The second kappa shape index (κ2) is 11.3. The van der Waals surface area contributed by atoms with E-state index in [9.17, 15) is 14.7 Å². The van der Waals surface area contributed by atoms with Gasteiger partial charge >= 0.3 is 0 Å². The van der Waals surface area contributed by atoms with Gasteiger partial charge in [-0.05, 0) is 60.4 Å². The topological polar surface area (TPSA) is 93.9 Å². The molecule has 2 atom stereocenters. The highest BCUT2D eigenvalue weighted by atomic mass is 16.5. The van der Waals surface area contributed by atoms with Gasteiger partial charge in [-0.1, -0.05) is 42.5 Å². The van der Waals surface area contributed by atoms with Crippen LogP contribution < -0.4 is 9.47 Å². The van der Waals surface area contributed by atoms with Crippen LogP contribution in [-0.2, 0) is 29.2 Å². The molecule has 0 unspecified atom stereocenters. The number of carbonyl (C=O) groups is 2. The lowest BCUT2D eigenvalue weighted by molar-refractivity contribution is -0.139. The molecule has 3 heterocycles. The fourth-order valence-corrected chi connectivity index (χ4v) is 5.54. The maximum absolute atomic E-state index is 13.5. The minimum atomic E-state index is -0.763. The Morgan fingerprint density at radius 1 is 1.05 bits per heavy atom. The van der Waals surface area contributed by atoms with E-state index in [2.05, 4.69) is 4.98 Å². The van der Waals surface area contributed by atoms with Gasteiger partial charge in [-0.3, -0.25) is 9.59 Å². The van der Waals surface area contributed by atoms with Gasteiger partial charge in [0.15, 0.2) is 0 Å². The van der Waals surface area contributed by atoms with Crippen LogP contribution >= 0.6 is 0 Å². The number of carbonyl (C=O) groups excluding carboxylic acids is 2. The number of amides is 1. The van der Waals surface area contributed by atoms with Gasteiger partial charge in [-0.2, -0.15) is 0 Å². The largest absolute Gasteiger partial charge is 0.507 e. The average molecular weight is 550 g/mol. The van der Waals surface area contributed by atoms with E-state index >= 15 is 0 Å². The van der Waals surface area contributed by atoms with Crippen LogP contribution in [0.25, 0.3) is 5.76 Å². The highest BCUT2D eigenvalue weighted by Gasteiger charge is 2.46. The van der Waals surface area contributed by atoms with Gasteiger partial charge in [0.2, 0.25) is 0 Å². The van der Waals surface area contributed by atoms with Crippen molar-refractivity contribution in [2.45, 2.75) is 45.1 Å². The van der Waals surface area contributed by atoms with Crippen LogP contribution in [0, 0.1) is 0 Å². The van der Waals surface area contributed by atoms with Crippen molar-refractivity contribution in [3.05, 3.63) is 119 Å². The van der Waals surface area contributed by atoms with Crippen LogP contribution in [0.1, 0.15) is 41.6 Å². The normalized spacial score (nSPS) is 19.3. The number of aryl methyl sites for hydroxylation is 1. The summed E-state index contributed by atoms with van der Waals surface area (Å²) in [5.74, 6) is -0.136. The third kappa shape index (κ3) is 5.45. The fourth-order valence-electron chi connectivity index (χ4n) is 5.54. The molecule has 1 aromatic heterocycles. The van der Waals surface area contributed by atoms with Gasteiger partial charge in [0.1, 0.15) is 30.0 Å². The SMILES string of the molecule is C[C@H]1Cc2cc(/C(O)=C3\C(=O)C(=O)N(CCCn4ccnc4)[C@@H]3c3cccc(OCc4ccccc4)c3)ccc2O1. The molecule has 8 heteroatoms. The number of aromatic nitrogens is 2. The Balaban J connectivity index is 1.35. The first-order valence-electron chi connectivity index (χ1n) is 13.8. The molecule has 1 fully saturated rings. The number of aliphatic hydroxyl groups excluding tert-OH is 1. The van der Waals surface area contributed by atoms with E-state index in [-0.39, 0.29) is 17.4 Å². The number of nitrogens with zero attached hydrogens (tertiary/aromatic N) is 3. The Kier molecular flexibility index (Phi) is 7.29. The Morgan fingerprint density at radius 2 is 1.90 bits per heavy atom. The summed E-state index contributed by atoms with van der Waals surface area (Å²) in [6.45, 7) is 3.33. The fraction of sp³-hybridized carbons (Fsp3) is 0.242. The number of aliphatic hydroxyl groups is 1. The quantitative estimate of drug-likeness (QED) is 0.173. The molecule has 4 aromatic rings. The van der Waals surface area contributed by atoms with Crippen LogP contribution in [0.2, 0.25) is 0 Å². The van der Waals surface area contributed by atoms with Crippen LogP contribution in [-0.4, -0.2) is 43.9 Å². The Bertz CT molecular complexity index is 1600. The Morgan fingerprint density at radius 3 is 2.71 bits per heavy atom. The van der Waals surface area contributed by atoms with Crippen molar-refractivity contribution in [3.63, 3.8) is 0 Å². The van der Waals surface area contributed by atoms with Gasteiger partial charge < -0.3 is 24.0 Å². The number of ketones is 1. The molecule has 0 saturated carbocycles. The second-order valence-electron chi connectivity index (χ2n) is 10.4. The number of hydrogen-bond donors (Lipinski definition) is 1. The van der Waals surface area contributed by atoms with E-state index in [4.69, 9.17) is 9.47 Å². The van der Waals surface area contributed by atoms with Crippen molar-refractivity contribution in [2.24, 2.45) is 0 Å². The zero-order valence-corrected chi connectivity index (χ0v) is 22.8. The van der Waals surface area contributed by atoms with E-state index in [1.165, 1.54) is 0 Å². The van der Waals surface area contributed by atoms with Crippen LogP contribution in [0.4, 0.5) is 0 Å². The third-order valence-corrected chi connectivity index (χ3v) is 7.51. The molecule has 0 bridgehead atoms. The summed E-state index contributed by atoms with van der Waals surface area (Å²) in [6, 6.07) is 21.9. The van der Waals surface area contributed by atoms with Crippen LogP contribution in [0.3, 0.4) is 0 Å². The predicted molar refractivity (Wildman–Crippen MR) is 153 cm³/mol. The zero-order chi connectivity index (χ0) is 28.3. The number of benzene rings is 3. The minimum Gasteiger partial charge on any atom is -0.507 e. The molecule has 8 nitrogen and oxygen atoms in total. The molecule has 6 rings (SSSR count). The molecule has 2 aliphatic rings. The first-order valence-corrected chi connectivity index (χ1v) is 13.8. The molecule has 0 spiro atoms. The lowest BCUT2D eigenvalue weighted by atomic mass is 9.94. The smallest absolute Gasteiger partial charge is 0.295 e. The first-order chi connectivity index (χ1) is 20.0. The van der Waals surface area contributed by atoms with Crippen LogP contribution in [0.5, 0.6) is 11.5 Å². The highest BCUT2D eigenvalue weighted by molar-refractivity contribution is 6.46. The van der Waals surface area contributed by atoms with Crippen molar-refractivity contribution in [3.8, 4) is 11.5 Å². The summed E-state index contributed by atoms with van der Waals surface area (Å²) in [4.78, 5) is 32.6. The van der Waals surface area contributed by atoms with E-state index in [1.54, 1.807) is 23.5 Å². The van der Waals surface area contributed by atoms with Crippen molar-refractivity contribution in [1.29, 1.82) is 0 Å². The number of imidazole rings is 1. The predicted octanol–water partition coefficient (Wildman–Crippen LogP) is 5.30. The van der Waals surface area contributed by atoms with Gasteiger partial charge in [-0.15, -0.1) is 0 Å². The number of Topliss-reactive ketones (excluding diaryl/α,β-unsaturated/α-hetero) is 1. The van der Waals surface area contributed by atoms with Crippen molar-refractivity contribution < 1.29 is 24.2 Å². The van der Waals surface area contributed by atoms with Crippen molar-refractivity contribution in [2.75, 3.05) is 6.54 Å². The molecule has 0 aliphatic carbocycles. The number of rotatable bonds is 9. The molecule has 208 valence electrons. The highest BCUT2D eigenvalue weighted by Crippen LogP contribution is 2.41. The molecular formula is C33H31N3O5. The molecule has 41 heavy (non-hydrogen) atoms. The van der Waals surface area contributed by atoms with Gasteiger partial charge in [0.05, 0.1) is 17.9 Å². The van der Waals surface area contributed by atoms with E-state index in [0.717, 1.165) is 16.9 Å². The van der Waals surface area contributed by atoms with Crippen LogP contribution in [0.15, 0.2) is 97.1 Å². The monoisotopic (exact) mass is 549 g/mol. The molecular weight excluding hydrogens is 518 g/mol. The van der Waals surface area contributed by atoms with Crippen molar-refractivity contribution in [1.82, 2.24) is 14.5 Å². The molecule has 0 radical (unpaired) electrons. The van der Waals surface area contributed by atoms with E-state index < -0.39 is 17.7 Å². The zero-order valence-electron chi connectivity index (χ0n) is 22.8. The number of hydrogen-bond acceptors (Lipinski definition) is 6. The summed E-state index contributed by atoms with van der Waals surface area (Å²) < 4.78 is 13.8. The van der Waals surface area contributed by atoms with Gasteiger partial charge in [-0.25, -0.2) is 4.98 Å². The first kappa shape index (κ1) is 26.4. The number of likely N-dealkylation sites (tertiary alicyclic amines) is 1. The minimum absolute atomic E-state index is 0.0436. The summed E-state index contributed by atoms with van der Waals surface area (Å²) in [5, 5.41) is 11.5. The lowest BCUT2D eigenvalue weighted by Gasteiger charge is -2.26. The molecule has 1 saturated heterocycles. The second-order valence-corrected chi connectivity index (χ2v) is 10.4. The summed E-state index contributed by atoms with van der Waals surface area (Å²) in [7, 11) is 0. The summed E-state index contributed by atoms with van der Waals surface area (Å²) in [6.07, 6.45) is 6.65. The maximum atomic E-state index is 13.5. The molecule has 3 aromatic carbocycles. The van der Waals surface area contributed by atoms with Crippen molar-refractivity contribution >= 4 is 17.4 Å². The lowest BCUT2D eigenvalue weighted by Crippen LogP contribution is -2.31. The summed E-state index contributed by atoms with van der Waals surface area (Å²) in [5.41, 5.74) is 3.24. The molecule has 2 aliphatic heterocycles. The maximum Gasteiger partial charge on any atom is 0.295 e. The van der Waals surface area contributed by atoms with Gasteiger partial charge in [0, 0.05) is 37.5 Å². The standard InChI is InChI=1S/C33H31N3O5/c1-22-17-26-18-25(11-12-28(26)41-22)31(37)29-30(36(33(39)32(29)38)15-6-14-35-16-13-34-21-35)24-9-5-10-27(19-24)40-20-23-7-3-2-4-8-23/h2-5,7-13,16,18-19,21-22,30,37H,6,14-15,17,20H2,1H3/b31-29+/t22-,30+/m0/s1. The molecule has 1 amide bonds.